The lowest BCUT2D eigenvalue weighted by atomic mass is 9.95. The number of hydrogen-bond acceptors (Lipinski definition) is 6. The molecule has 0 aliphatic carbocycles. The first kappa shape index (κ1) is 27.9. The van der Waals surface area contributed by atoms with Crippen molar-refractivity contribution in [3.05, 3.63) is 179 Å². The van der Waals surface area contributed by atoms with Gasteiger partial charge in [-0.3, -0.25) is 0 Å². The van der Waals surface area contributed by atoms with E-state index in [0.29, 0.717) is 0 Å². The van der Waals surface area contributed by atoms with Gasteiger partial charge in [-0.15, -0.1) is 0 Å². The van der Waals surface area contributed by atoms with Gasteiger partial charge in [0.15, 0.2) is 0 Å². The molecule has 0 spiro atoms. The maximum Gasteiger partial charge on any atom is 0.0767 e. The van der Waals surface area contributed by atoms with Gasteiger partial charge in [0.2, 0.25) is 0 Å². The Kier molecular flexibility index (Phi) is 7.46. The molecule has 45 heavy (non-hydrogen) atoms. The lowest BCUT2D eigenvalue weighted by molar-refractivity contribution is 0.917. The summed E-state index contributed by atoms with van der Waals surface area (Å²) >= 11 is 0. The number of rotatable bonds is 3. The minimum absolute atomic E-state index is 0.0740. The highest BCUT2D eigenvalue weighted by Crippen LogP contribution is 2.34. The van der Waals surface area contributed by atoms with Gasteiger partial charge in [-0.1, -0.05) is 72.8 Å². The van der Waals surface area contributed by atoms with Crippen LogP contribution in [0.25, 0.3) is 0 Å². The molecule has 6 aromatic rings. The minimum atomic E-state index is -0.0740. The van der Waals surface area contributed by atoms with E-state index in [1.54, 1.807) is 0 Å². The van der Waals surface area contributed by atoms with Crippen LogP contribution in [-0.4, -0.2) is 0 Å². The molecule has 0 saturated carbocycles. The molecule has 0 fully saturated rings. The highest BCUT2D eigenvalue weighted by Gasteiger charge is 2.20. The van der Waals surface area contributed by atoms with Crippen molar-refractivity contribution < 1.29 is 0 Å². The maximum atomic E-state index is 6.05. The number of benzene rings is 6. The highest BCUT2D eigenvalue weighted by molar-refractivity contribution is 5.59. The first-order chi connectivity index (χ1) is 22.0. The van der Waals surface area contributed by atoms with E-state index in [2.05, 4.69) is 125 Å². The zero-order valence-electron chi connectivity index (χ0n) is 24.8. The van der Waals surface area contributed by atoms with Crippen LogP contribution >= 0.6 is 0 Å². The van der Waals surface area contributed by atoms with Crippen LogP contribution < -0.4 is 33.2 Å². The summed E-state index contributed by atoms with van der Waals surface area (Å²) in [5.74, 6) is 0. The number of nitrogens with two attached hydrogens (primary N) is 3. The second-order valence-corrected chi connectivity index (χ2v) is 11.6. The van der Waals surface area contributed by atoms with Crippen molar-refractivity contribution in [3.8, 4) is 0 Å². The third kappa shape index (κ3) is 6.12. The van der Waals surface area contributed by atoms with Crippen LogP contribution in [0, 0.1) is 0 Å². The van der Waals surface area contributed by atoms with E-state index in [1.807, 2.05) is 36.4 Å². The molecule has 6 bridgehead atoms. The van der Waals surface area contributed by atoms with E-state index in [9.17, 15) is 0 Å². The smallest absolute Gasteiger partial charge is 0.0767 e. The molecule has 3 atom stereocenters. The zero-order chi connectivity index (χ0) is 30.8. The number of fused-ring (bicyclic) bond motifs is 3. The Bertz CT molecular complexity index is 1640. The average molecular weight is 589 g/mol. The number of nitrogen functional groups attached to an aromatic ring is 3. The average Bonchev–Trinajstić information content (AvgIpc) is 3.07. The number of nitrogens with one attached hydrogen (secondary N) is 3. The maximum absolute atomic E-state index is 6.05. The second kappa shape index (κ2) is 12.0. The minimum Gasteiger partial charge on any atom is -0.399 e. The number of anilines is 6. The summed E-state index contributed by atoms with van der Waals surface area (Å²) in [6.07, 6.45) is 0. The van der Waals surface area contributed by atoms with E-state index in [4.69, 9.17) is 17.2 Å². The first-order valence-corrected chi connectivity index (χ1v) is 15.1. The third-order valence-corrected chi connectivity index (χ3v) is 8.47. The topological polar surface area (TPSA) is 114 Å². The standard InChI is InChI=1S/C39H36N6/c40-31-13-1-25(2-14-31)37-28-7-19-35(20-8-28)44-39(27-5-17-33(42)18-6-27)30-11-23-36(24-12-30)45-38(26-3-15-32(41)16-4-26)29-9-21-34(43-37)22-10-29/h1-24,37-39,43-45H,40-42H2. The molecule has 0 radical (unpaired) electrons. The largest absolute Gasteiger partial charge is 0.399 e. The van der Waals surface area contributed by atoms with Gasteiger partial charge in [0, 0.05) is 34.1 Å². The summed E-state index contributed by atoms with van der Waals surface area (Å²) in [5.41, 5.74) is 30.2. The quantitative estimate of drug-likeness (QED) is 0.116. The lowest BCUT2D eigenvalue weighted by Crippen LogP contribution is -2.16. The third-order valence-electron chi connectivity index (χ3n) is 8.47. The number of hydrogen-bond donors (Lipinski definition) is 6. The molecule has 4 heterocycles. The van der Waals surface area contributed by atoms with Gasteiger partial charge in [-0.05, 0) is 106 Å². The normalized spacial score (nSPS) is 17.5. The van der Waals surface area contributed by atoms with Gasteiger partial charge in [0.25, 0.3) is 0 Å². The van der Waals surface area contributed by atoms with Gasteiger partial charge in [0.1, 0.15) is 0 Å². The molecule has 0 aromatic heterocycles. The van der Waals surface area contributed by atoms with Crippen LogP contribution in [0.15, 0.2) is 146 Å². The van der Waals surface area contributed by atoms with Crippen LogP contribution in [0.5, 0.6) is 0 Å². The molecule has 4 aliphatic rings. The van der Waals surface area contributed by atoms with Crippen LogP contribution in [0.2, 0.25) is 0 Å². The Morgan fingerprint density at radius 2 is 0.444 bits per heavy atom. The molecule has 0 saturated heterocycles. The summed E-state index contributed by atoms with van der Waals surface area (Å²) < 4.78 is 0. The van der Waals surface area contributed by atoms with Crippen molar-refractivity contribution in [1.82, 2.24) is 0 Å². The summed E-state index contributed by atoms with van der Waals surface area (Å²) in [7, 11) is 0. The fraction of sp³-hybridized carbons (Fsp3) is 0.0769. The first-order valence-electron chi connectivity index (χ1n) is 15.1. The van der Waals surface area contributed by atoms with E-state index in [0.717, 1.165) is 67.5 Å². The molecule has 6 nitrogen and oxygen atoms in total. The molecule has 9 N–H and O–H groups in total. The predicted octanol–water partition coefficient (Wildman–Crippen LogP) is 8.35. The van der Waals surface area contributed by atoms with Crippen LogP contribution in [0.1, 0.15) is 51.5 Å². The van der Waals surface area contributed by atoms with E-state index >= 15 is 0 Å². The molecule has 4 aliphatic heterocycles. The Balaban J connectivity index is 1.34. The fourth-order valence-corrected chi connectivity index (χ4v) is 5.96. The van der Waals surface area contributed by atoms with Gasteiger partial charge >= 0.3 is 0 Å². The predicted molar refractivity (Wildman–Crippen MR) is 188 cm³/mol. The lowest BCUT2D eigenvalue weighted by Gasteiger charge is -2.26. The summed E-state index contributed by atoms with van der Waals surface area (Å²) in [6.45, 7) is 0. The van der Waals surface area contributed by atoms with Crippen LogP contribution in [0.3, 0.4) is 0 Å². The molecular weight excluding hydrogens is 552 g/mol. The van der Waals surface area contributed by atoms with Gasteiger partial charge < -0.3 is 33.2 Å². The summed E-state index contributed by atoms with van der Waals surface area (Å²) in [5, 5.41) is 11.3. The van der Waals surface area contributed by atoms with Crippen molar-refractivity contribution in [2.75, 3.05) is 33.2 Å². The molecule has 222 valence electrons. The molecule has 10 rings (SSSR count). The van der Waals surface area contributed by atoms with Crippen molar-refractivity contribution in [2.45, 2.75) is 18.1 Å². The molecule has 6 heteroatoms. The Morgan fingerprint density at radius 1 is 0.267 bits per heavy atom. The Hall–Kier alpha value is -5.88. The van der Waals surface area contributed by atoms with Gasteiger partial charge in [0.05, 0.1) is 18.1 Å². The van der Waals surface area contributed by atoms with Crippen molar-refractivity contribution in [3.63, 3.8) is 0 Å². The fourth-order valence-electron chi connectivity index (χ4n) is 5.96. The Morgan fingerprint density at radius 3 is 0.644 bits per heavy atom. The zero-order valence-corrected chi connectivity index (χ0v) is 24.8. The van der Waals surface area contributed by atoms with Crippen LogP contribution in [0.4, 0.5) is 34.1 Å². The van der Waals surface area contributed by atoms with Gasteiger partial charge in [-0.25, -0.2) is 0 Å². The van der Waals surface area contributed by atoms with Gasteiger partial charge in [-0.2, -0.15) is 0 Å². The highest BCUT2D eigenvalue weighted by atomic mass is 14.9. The molecular formula is C39H36N6. The van der Waals surface area contributed by atoms with Crippen molar-refractivity contribution in [2.24, 2.45) is 0 Å². The monoisotopic (exact) mass is 588 g/mol. The second-order valence-electron chi connectivity index (χ2n) is 11.6. The van der Waals surface area contributed by atoms with Crippen molar-refractivity contribution in [1.29, 1.82) is 0 Å². The summed E-state index contributed by atoms with van der Waals surface area (Å²) in [6, 6.07) is 49.9. The summed E-state index contributed by atoms with van der Waals surface area (Å²) in [4.78, 5) is 0. The van der Waals surface area contributed by atoms with E-state index < -0.39 is 0 Å². The molecule has 3 unspecified atom stereocenters. The molecule has 6 aromatic carbocycles. The van der Waals surface area contributed by atoms with Crippen LogP contribution in [-0.2, 0) is 0 Å². The Labute approximate surface area is 263 Å². The van der Waals surface area contributed by atoms with Crippen molar-refractivity contribution >= 4 is 34.1 Å². The molecule has 0 amide bonds. The SMILES string of the molecule is Nc1ccc(C2Nc3ccc(cc3)C(c3ccc(N)cc3)Nc3ccc(cc3)C(c3ccc(N)cc3)Nc3ccc2cc3)cc1. The van der Waals surface area contributed by atoms with E-state index in [-0.39, 0.29) is 18.1 Å². The van der Waals surface area contributed by atoms with E-state index in [1.165, 1.54) is 0 Å².